The van der Waals surface area contributed by atoms with Crippen LogP contribution >= 0.6 is 22.7 Å². The van der Waals surface area contributed by atoms with Gasteiger partial charge in [0.1, 0.15) is 39.9 Å². The number of esters is 2. The molecule has 5 rings (SSSR count). The van der Waals surface area contributed by atoms with E-state index in [0.717, 1.165) is 33.8 Å². The summed E-state index contributed by atoms with van der Waals surface area (Å²) in [6.07, 6.45) is -1.47. The zero-order valence-corrected chi connectivity index (χ0v) is 38.5. The van der Waals surface area contributed by atoms with Crippen LogP contribution in [0.4, 0.5) is 14.8 Å². The third kappa shape index (κ3) is 16.0. The number of ether oxygens (including phenoxy) is 3. The quantitative estimate of drug-likeness (QED) is 0.0423. The molecule has 65 heavy (non-hydrogen) atoms. The van der Waals surface area contributed by atoms with E-state index in [4.69, 9.17) is 14.2 Å². The van der Waals surface area contributed by atoms with Crippen molar-refractivity contribution in [3.05, 3.63) is 141 Å². The van der Waals surface area contributed by atoms with E-state index in [2.05, 4.69) is 21.3 Å². The van der Waals surface area contributed by atoms with Crippen molar-refractivity contribution < 1.29 is 52.9 Å². The van der Waals surface area contributed by atoms with Gasteiger partial charge in [0, 0.05) is 22.6 Å². The van der Waals surface area contributed by atoms with E-state index in [1.54, 1.807) is 108 Å². The number of hydrogen-bond donors (Lipinski definition) is 5. The lowest BCUT2D eigenvalue weighted by Gasteiger charge is -2.21. The standard InChI is InChI=1S/C48H52N4O11S2/c1-47(2,3)62-44(58)34-24-32(64-42(34)52-41(57)37(23-30-18-12-8-13-19-30)50-46(60)61-28-31-20-14-9-15-21-31)26-38(53)49-36(22-29-16-10-7-11-17-29)40(56)51-43-35(45(59)63-48(4,5)6)25-33(65-43)27-39(54)55/h7-21,24-25,36-37H,22-23,26-28H2,1-6H3,(H,49,53)(H,50,60)(H,51,56)(H,52,57)(H,54,55). The molecule has 342 valence electrons. The zero-order chi connectivity index (χ0) is 47.3. The first-order valence-corrected chi connectivity index (χ1v) is 22.2. The van der Waals surface area contributed by atoms with Gasteiger partial charge in [0.25, 0.3) is 0 Å². The Kier molecular flexibility index (Phi) is 16.8. The molecule has 0 aliphatic rings. The highest BCUT2D eigenvalue weighted by Gasteiger charge is 2.31. The summed E-state index contributed by atoms with van der Waals surface area (Å²) in [6.45, 7) is 10.0. The van der Waals surface area contributed by atoms with Crippen molar-refractivity contribution in [1.82, 2.24) is 10.6 Å². The molecule has 15 nitrogen and oxygen atoms in total. The second-order valence-electron chi connectivity index (χ2n) is 16.9. The molecule has 0 radical (unpaired) electrons. The van der Waals surface area contributed by atoms with E-state index >= 15 is 0 Å². The van der Waals surface area contributed by atoms with Crippen LogP contribution in [0, 0.1) is 0 Å². The molecule has 2 heterocycles. The average molecular weight is 925 g/mol. The number of aliphatic carboxylic acids is 1. The Balaban J connectivity index is 1.39. The predicted molar refractivity (Wildman–Crippen MR) is 247 cm³/mol. The Morgan fingerprint density at radius 2 is 0.969 bits per heavy atom. The van der Waals surface area contributed by atoms with Crippen molar-refractivity contribution in [2.45, 2.75) is 97.1 Å². The van der Waals surface area contributed by atoms with Gasteiger partial charge in [0.2, 0.25) is 17.7 Å². The van der Waals surface area contributed by atoms with Crippen LogP contribution in [0.1, 0.15) is 88.7 Å². The summed E-state index contributed by atoms with van der Waals surface area (Å²) in [5, 5.41) is 20.5. The maximum atomic E-state index is 14.1. The summed E-state index contributed by atoms with van der Waals surface area (Å²) in [6, 6.07) is 27.4. The Morgan fingerprint density at radius 1 is 0.569 bits per heavy atom. The Hall–Kier alpha value is -6.85. The van der Waals surface area contributed by atoms with Gasteiger partial charge in [-0.05, 0) is 70.4 Å². The minimum atomic E-state index is -1.20. The smallest absolute Gasteiger partial charge is 0.408 e. The maximum Gasteiger partial charge on any atom is 0.408 e. The number of hydrogen-bond acceptors (Lipinski definition) is 12. The van der Waals surface area contributed by atoms with Gasteiger partial charge in [-0.3, -0.25) is 19.2 Å². The van der Waals surface area contributed by atoms with E-state index in [1.807, 2.05) is 24.3 Å². The molecule has 0 saturated heterocycles. The van der Waals surface area contributed by atoms with E-state index in [0.29, 0.717) is 15.3 Å². The van der Waals surface area contributed by atoms with Crippen LogP contribution in [0.5, 0.6) is 0 Å². The predicted octanol–water partition coefficient (Wildman–Crippen LogP) is 7.73. The largest absolute Gasteiger partial charge is 0.481 e. The van der Waals surface area contributed by atoms with Gasteiger partial charge in [-0.15, -0.1) is 22.7 Å². The van der Waals surface area contributed by atoms with Crippen LogP contribution in [0.2, 0.25) is 0 Å². The highest BCUT2D eigenvalue weighted by atomic mass is 32.1. The molecule has 2 atom stereocenters. The number of carboxylic acids is 1. The number of benzene rings is 3. The molecular weight excluding hydrogens is 873 g/mol. The second kappa shape index (κ2) is 22.2. The first-order valence-electron chi connectivity index (χ1n) is 20.6. The third-order valence-electron chi connectivity index (χ3n) is 8.98. The minimum absolute atomic E-state index is 0.0331. The molecule has 0 bridgehead atoms. The Labute approximate surface area is 384 Å². The number of rotatable bonds is 18. The van der Waals surface area contributed by atoms with Gasteiger partial charge >= 0.3 is 24.0 Å². The van der Waals surface area contributed by atoms with Crippen molar-refractivity contribution in [1.29, 1.82) is 0 Å². The van der Waals surface area contributed by atoms with Gasteiger partial charge in [-0.1, -0.05) is 91.0 Å². The van der Waals surface area contributed by atoms with E-state index < -0.39 is 71.4 Å². The lowest BCUT2D eigenvalue weighted by atomic mass is 10.0. The van der Waals surface area contributed by atoms with Crippen LogP contribution < -0.4 is 21.3 Å². The summed E-state index contributed by atoms with van der Waals surface area (Å²) in [5.74, 6) is -4.65. The molecule has 0 fully saturated rings. The molecule has 0 spiro atoms. The summed E-state index contributed by atoms with van der Waals surface area (Å²) in [7, 11) is 0. The monoisotopic (exact) mass is 924 g/mol. The molecule has 5 N–H and O–H groups in total. The first kappa shape index (κ1) is 49.2. The van der Waals surface area contributed by atoms with Crippen molar-refractivity contribution >= 4 is 74.4 Å². The number of amides is 4. The molecule has 17 heteroatoms. The fourth-order valence-corrected chi connectivity index (χ4v) is 8.27. The molecule has 5 aromatic rings. The molecule has 3 aromatic carbocycles. The fourth-order valence-electron chi connectivity index (χ4n) is 6.19. The van der Waals surface area contributed by atoms with Crippen molar-refractivity contribution in [3.8, 4) is 0 Å². The molecule has 2 aromatic heterocycles. The van der Waals surface area contributed by atoms with Crippen LogP contribution in [0.25, 0.3) is 0 Å². The van der Waals surface area contributed by atoms with Crippen molar-refractivity contribution in [2.24, 2.45) is 0 Å². The zero-order valence-electron chi connectivity index (χ0n) is 36.9. The number of alkyl carbamates (subject to hydrolysis) is 1. The van der Waals surface area contributed by atoms with Crippen molar-refractivity contribution in [2.75, 3.05) is 10.6 Å². The summed E-state index contributed by atoms with van der Waals surface area (Å²) in [5.41, 5.74) is 0.313. The lowest BCUT2D eigenvalue weighted by molar-refractivity contribution is -0.136. The van der Waals surface area contributed by atoms with Gasteiger partial charge in [-0.25, -0.2) is 14.4 Å². The van der Waals surface area contributed by atoms with Gasteiger partial charge < -0.3 is 40.6 Å². The highest BCUT2D eigenvalue weighted by molar-refractivity contribution is 7.17. The molecule has 0 aliphatic carbocycles. The van der Waals surface area contributed by atoms with E-state index in [1.165, 1.54) is 12.1 Å². The van der Waals surface area contributed by atoms with E-state index in [9.17, 15) is 38.7 Å². The van der Waals surface area contributed by atoms with Gasteiger partial charge in [0.05, 0.1) is 24.0 Å². The molecule has 4 amide bonds. The van der Waals surface area contributed by atoms with Crippen LogP contribution in [0.3, 0.4) is 0 Å². The Bertz CT molecular complexity index is 2470. The van der Waals surface area contributed by atoms with Gasteiger partial charge in [-0.2, -0.15) is 0 Å². The highest BCUT2D eigenvalue weighted by Crippen LogP contribution is 2.32. The van der Waals surface area contributed by atoms with Crippen LogP contribution in [0.15, 0.2) is 103 Å². The SMILES string of the molecule is CC(C)(C)OC(=O)c1cc(CC(=O)O)sc1NC(=O)C(Cc1ccccc1)NC(=O)Cc1cc(C(=O)OC(C)(C)C)c(NC(=O)C(Cc2ccccc2)NC(=O)OCc2ccccc2)s1. The first-order chi connectivity index (χ1) is 30.7. The normalized spacial score (nSPS) is 12.2. The third-order valence-corrected chi connectivity index (χ3v) is 11.1. The average Bonchev–Trinajstić information content (AvgIpc) is 3.82. The minimum Gasteiger partial charge on any atom is -0.481 e. The topological polar surface area (TPSA) is 216 Å². The number of carbonyl (C=O) groups is 7. The number of carbonyl (C=O) groups excluding carboxylic acids is 6. The number of thiophene rings is 2. The molecule has 0 saturated carbocycles. The number of carboxylic acid groups (broad SMARTS) is 1. The summed E-state index contributed by atoms with van der Waals surface area (Å²) < 4.78 is 16.6. The molecule has 0 aliphatic heterocycles. The summed E-state index contributed by atoms with van der Waals surface area (Å²) >= 11 is 1.85. The molecule has 2 unspecified atom stereocenters. The van der Waals surface area contributed by atoms with E-state index in [-0.39, 0.29) is 47.0 Å². The fraction of sp³-hybridized carbons (Fsp3) is 0.312. The lowest BCUT2D eigenvalue weighted by Crippen LogP contribution is -2.45. The molecular formula is C48H52N4O11S2. The maximum absolute atomic E-state index is 14.1. The number of nitrogens with one attached hydrogen (secondary N) is 4. The van der Waals surface area contributed by atoms with Crippen molar-refractivity contribution in [3.63, 3.8) is 0 Å². The van der Waals surface area contributed by atoms with Gasteiger partial charge in [0.15, 0.2) is 0 Å². The van der Waals surface area contributed by atoms with Crippen LogP contribution in [-0.4, -0.2) is 70.1 Å². The summed E-state index contributed by atoms with van der Waals surface area (Å²) in [4.78, 5) is 94.0. The van der Waals surface area contributed by atoms with Crippen LogP contribution in [-0.2, 0) is 65.7 Å². The second-order valence-corrected chi connectivity index (χ2v) is 19.2. The Morgan fingerprint density at radius 3 is 1.38 bits per heavy atom. The number of anilines is 2.